The minimum absolute atomic E-state index is 0.0369. The Balaban J connectivity index is 0.000000770. The van der Waals surface area contributed by atoms with E-state index in [-0.39, 0.29) is 24.7 Å². The Hall–Kier alpha value is -1.07. The summed E-state index contributed by atoms with van der Waals surface area (Å²) >= 11 is 0. The number of benzene rings is 1. The molecule has 1 N–H and O–H groups in total. The largest absolute Gasteiger partial charge is 0.394 e. The van der Waals surface area contributed by atoms with Gasteiger partial charge >= 0.3 is 0 Å². The maximum Gasteiger partial charge on any atom is 0.297 e. The van der Waals surface area contributed by atoms with Gasteiger partial charge in [-0.3, -0.25) is 4.18 Å². The van der Waals surface area contributed by atoms with Crippen LogP contribution in [-0.2, 0) is 33.2 Å². The van der Waals surface area contributed by atoms with Crippen LogP contribution in [0.4, 0.5) is 0 Å². The van der Waals surface area contributed by atoms with Crippen molar-refractivity contribution in [3.63, 3.8) is 0 Å². The van der Waals surface area contributed by atoms with Crippen LogP contribution < -0.4 is 0 Å². The van der Waals surface area contributed by atoms with E-state index in [0.29, 0.717) is 13.2 Å². The second-order valence-corrected chi connectivity index (χ2v) is 9.17. The lowest BCUT2D eigenvalue weighted by Gasteiger charge is -2.07. The van der Waals surface area contributed by atoms with Crippen molar-refractivity contribution in [2.75, 3.05) is 66.1 Å². The molecule has 0 aliphatic carbocycles. The number of ether oxygens (including phenoxy) is 4. The molecule has 0 saturated heterocycles. The van der Waals surface area contributed by atoms with E-state index in [1.54, 1.807) is 24.3 Å². The summed E-state index contributed by atoms with van der Waals surface area (Å²) in [4.78, 5) is 0.175. The third-order valence-electron chi connectivity index (χ3n) is 4.57. The van der Waals surface area contributed by atoms with Crippen LogP contribution in [0.15, 0.2) is 29.2 Å². The molecule has 0 atom stereocenters. The number of aliphatic hydroxyl groups is 1. The first kappa shape index (κ1) is 32.9. The Kier molecular flexibility index (Phi) is 22.9. The van der Waals surface area contributed by atoms with Gasteiger partial charge in [0.1, 0.15) is 0 Å². The predicted molar refractivity (Wildman–Crippen MR) is 134 cm³/mol. The minimum atomic E-state index is -3.68. The molecule has 0 saturated carbocycles. The Bertz CT molecular complexity index is 639. The number of rotatable bonds is 21. The highest BCUT2D eigenvalue weighted by molar-refractivity contribution is 7.86. The number of unbranched alkanes of at least 4 members (excludes halogenated alkanes) is 4. The van der Waals surface area contributed by atoms with E-state index in [4.69, 9.17) is 28.2 Å². The van der Waals surface area contributed by atoms with Crippen molar-refractivity contribution < 1.29 is 36.7 Å². The molecule has 34 heavy (non-hydrogen) atoms. The fourth-order valence-corrected chi connectivity index (χ4v) is 3.60. The molecule has 0 bridgehead atoms. The lowest BCUT2D eigenvalue weighted by Crippen LogP contribution is -2.12. The molecule has 1 aromatic rings. The maximum atomic E-state index is 11.9. The average Bonchev–Trinajstić information content (AvgIpc) is 2.83. The molecule has 0 unspecified atom stereocenters. The number of aryl methyl sites for hydroxylation is 1. The van der Waals surface area contributed by atoms with Gasteiger partial charge in [0.2, 0.25) is 0 Å². The van der Waals surface area contributed by atoms with E-state index < -0.39 is 10.1 Å². The van der Waals surface area contributed by atoms with Crippen molar-refractivity contribution in [2.45, 2.75) is 64.2 Å². The standard InChI is InChI=1S/C16H26O5S.C9H20O3/c1-3-19-11-5-4-6-12-20-13-14-21-22(17,18)16-9-7-15(2)8-10-16;1-2-11-7-4-3-5-8-12-9-6-10/h7-10H,3-6,11-14H2,1-2H3;10H,2-9H2,1H3. The Morgan fingerprint density at radius 3 is 1.59 bits per heavy atom. The predicted octanol–water partition coefficient (Wildman–Crippen LogP) is 4.13. The van der Waals surface area contributed by atoms with E-state index in [1.165, 1.54) is 0 Å². The molecule has 0 fully saturated rings. The number of hydrogen-bond acceptors (Lipinski definition) is 8. The Labute approximate surface area is 207 Å². The maximum absolute atomic E-state index is 11.9. The van der Waals surface area contributed by atoms with Gasteiger partial charge in [0.15, 0.2) is 0 Å². The van der Waals surface area contributed by atoms with E-state index in [0.717, 1.165) is 77.1 Å². The van der Waals surface area contributed by atoms with E-state index in [1.807, 2.05) is 20.8 Å². The molecule has 0 aromatic heterocycles. The molecule has 200 valence electrons. The molecular weight excluding hydrogens is 460 g/mol. The van der Waals surface area contributed by atoms with Gasteiger partial charge in [-0.2, -0.15) is 8.42 Å². The van der Waals surface area contributed by atoms with Gasteiger partial charge in [-0.1, -0.05) is 17.7 Å². The summed E-state index contributed by atoms with van der Waals surface area (Å²) in [5.41, 5.74) is 1.01. The molecule has 1 rings (SSSR count). The van der Waals surface area contributed by atoms with Gasteiger partial charge < -0.3 is 24.1 Å². The van der Waals surface area contributed by atoms with Crippen molar-refractivity contribution in [1.82, 2.24) is 0 Å². The molecule has 9 heteroatoms. The highest BCUT2D eigenvalue weighted by atomic mass is 32.2. The van der Waals surface area contributed by atoms with E-state index in [9.17, 15) is 8.42 Å². The normalized spacial score (nSPS) is 11.3. The third kappa shape index (κ3) is 20.3. The molecule has 8 nitrogen and oxygen atoms in total. The minimum Gasteiger partial charge on any atom is -0.394 e. The van der Waals surface area contributed by atoms with E-state index in [2.05, 4.69) is 0 Å². The van der Waals surface area contributed by atoms with Gasteiger partial charge in [0.05, 0.1) is 31.3 Å². The zero-order valence-electron chi connectivity index (χ0n) is 21.3. The summed E-state index contributed by atoms with van der Waals surface area (Å²) in [7, 11) is -3.68. The van der Waals surface area contributed by atoms with Crippen LogP contribution in [0.25, 0.3) is 0 Å². The summed E-state index contributed by atoms with van der Waals surface area (Å²) in [5.74, 6) is 0. The SMILES string of the molecule is CCOCCCCCOCCO.CCOCCCCCOCCOS(=O)(=O)c1ccc(C)cc1. The first-order valence-corrected chi connectivity index (χ1v) is 13.8. The quantitative estimate of drug-likeness (QED) is 0.196. The van der Waals surface area contributed by atoms with Crippen LogP contribution >= 0.6 is 0 Å². The van der Waals surface area contributed by atoms with Crippen molar-refractivity contribution in [3.05, 3.63) is 29.8 Å². The van der Waals surface area contributed by atoms with Crippen LogP contribution in [0.5, 0.6) is 0 Å². The molecule has 0 heterocycles. The molecule has 1 aromatic carbocycles. The molecular formula is C25H46O8S. The van der Waals surface area contributed by atoms with Gasteiger partial charge in [0.25, 0.3) is 10.1 Å². The molecule has 0 amide bonds. The lowest BCUT2D eigenvalue weighted by molar-refractivity contribution is 0.0868. The first-order chi connectivity index (χ1) is 16.5. The van der Waals surface area contributed by atoms with Crippen LogP contribution in [-0.4, -0.2) is 79.6 Å². The zero-order chi connectivity index (χ0) is 25.3. The summed E-state index contributed by atoms with van der Waals surface area (Å²) in [6, 6.07) is 6.58. The van der Waals surface area contributed by atoms with Crippen LogP contribution in [0.2, 0.25) is 0 Å². The summed E-state index contributed by atoms with van der Waals surface area (Å²) in [5, 5.41) is 8.39. The van der Waals surface area contributed by atoms with Crippen LogP contribution in [0.1, 0.15) is 57.9 Å². The zero-order valence-corrected chi connectivity index (χ0v) is 22.2. The number of aliphatic hydroxyl groups excluding tert-OH is 1. The monoisotopic (exact) mass is 506 g/mol. The third-order valence-corrected chi connectivity index (χ3v) is 5.90. The molecule has 0 aliphatic heterocycles. The summed E-state index contributed by atoms with van der Waals surface area (Å²) in [6.45, 7) is 11.4. The van der Waals surface area contributed by atoms with Crippen molar-refractivity contribution in [2.24, 2.45) is 0 Å². The highest BCUT2D eigenvalue weighted by Gasteiger charge is 2.14. The van der Waals surface area contributed by atoms with Crippen molar-refractivity contribution in [3.8, 4) is 0 Å². The molecule has 0 spiro atoms. The van der Waals surface area contributed by atoms with E-state index >= 15 is 0 Å². The topological polar surface area (TPSA) is 101 Å². The van der Waals surface area contributed by atoms with Gasteiger partial charge in [0, 0.05) is 39.6 Å². The fourth-order valence-electron chi connectivity index (χ4n) is 2.70. The van der Waals surface area contributed by atoms with Gasteiger partial charge in [-0.25, -0.2) is 0 Å². The lowest BCUT2D eigenvalue weighted by atomic mass is 10.2. The highest BCUT2D eigenvalue weighted by Crippen LogP contribution is 2.13. The second-order valence-electron chi connectivity index (χ2n) is 7.55. The van der Waals surface area contributed by atoms with Crippen molar-refractivity contribution in [1.29, 1.82) is 0 Å². The fraction of sp³-hybridized carbons (Fsp3) is 0.760. The summed E-state index contributed by atoms with van der Waals surface area (Å²) in [6.07, 6.45) is 6.32. The second kappa shape index (κ2) is 23.7. The smallest absolute Gasteiger partial charge is 0.297 e. The van der Waals surface area contributed by atoms with Gasteiger partial charge in [-0.15, -0.1) is 0 Å². The Morgan fingerprint density at radius 1 is 0.647 bits per heavy atom. The summed E-state index contributed by atoms with van der Waals surface area (Å²) < 4.78 is 49.6. The van der Waals surface area contributed by atoms with Gasteiger partial charge in [-0.05, 0) is 71.4 Å². The Morgan fingerprint density at radius 2 is 1.12 bits per heavy atom. The average molecular weight is 507 g/mol. The number of hydrogen-bond donors (Lipinski definition) is 1. The van der Waals surface area contributed by atoms with Crippen LogP contribution in [0, 0.1) is 6.92 Å². The molecule has 0 aliphatic rings. The molecule has 0 radical (unpaired) electrons. The van der Waals surface area contributed by atoms with Crippen LogP contribution in [0.3, 0.4) is 0 Å². The first-order valence-electron chi connectivity index (χ1n) is 12.4. The van der Waals surface area contributed by atoms with Crippen molar-refractivity contribution >= 4 is 10.1 Å².